The molecule has 0 spiro atoms. The highest BCUT2D eigenvalue weighted by Crippen LogP contribution is 2.31. The molecule has 29 heavy (non-hydrogen) atoms. The van der Waals surface area contributed by atoms with Crippen molar-refractivity contribution < 1.29 is 13.2 Å². The summed E-state index contributed by atoms with van der Waals surface area (Å²) in [5.74, 6) is 0.341. The van der Waals surface area contributed by atoms with E-state index in [4.69, 9.17) is 11.6 Å². The second-order valence-corrected chi connectivity index (χ2v) is 10.4. The first kappa shape index (κ1) is 21.8. The van der Waals surface area contributed by atoms with E-state index in [1.807, 2.05) is 20.8 Å². The average molecular weight is 438 g/mol. The predicted molar refractivity (Wildman–Crippen MR) is 113 cm³/mol. The summed E-state index contributed by atoms with van der Waals surface area (Å²) in [6.07, 6.45) is 3.48. The molecule has 1 aromatic carbocycles. The number of halogens is 1. The summed E-state index contributed by atoms with van der Waals surface area (Å²) in [6.45, 7) is 7.49. The van der Waals surface area contributed by atoms with Gasteiger partial charge >= 0.3 is 0 Å². The molecule has 1 aliphatic rings. The first-order valence-corrected chi connectivity index (χ1v) is 12.0. The fraction of sp³-hybridized carbons (Fsp3) is 0.524. The molecule has 0 N–H and O–H groups in total. The number of carbonyl (C=O) groups excluding carboxylic acids is 1. The van der Waals surface area contributed by atoms with Crippen molar-refractivity contribution in [1.29, 1.82) is 0 Å². The standard InChI is InChI=1S/C21H28ClN3O3S/c1-4-24(20(26)17-8-9-17)13-19-11-23-21(25(19)12-15(2)3)29(27,28)14-16-6-5-7-18(22)10-16/h5-7,10-11,15,17H,4,8-9,12-14H2,1-3H3. The number of sulfone groups is 1. The highest BCUT2D eigenvalue weighted by molar-refractivity contribution is 7.90. The predicted octanol–water partition coefficient (Wildman–Crippen LogP) is 3.92. The molecule has 3 rings (SSSR count). The van der Waals surface area contributed by atoms with E-state index >= 15 is 0 Å². The number of imidazole rings is 1. The Morgan fingerprint density at radius 1 is 1.34 bits per heavy atom. The number of aromatic nitrogens is 2. The Labute approximate surface area is 177 Å². The van der Waals surface area contributed by atoms with Gasteiger partial charge in [-0.1, -0.05) is 37.6 Å². The van der Waals surface area contributed by atoms with Gasteiger partial charge in [0.25, 0.3) is 0 Å². The molecule has 0 aliphatic heterocycles. The van der Waals surface area contributed by atoms with Crippen LogP contribution < -0.4 is 0 Å². The first-order valence-electron chi connectivity index (χ1n) is 10.0. The Balaban J connectivity index is 1.90. The monoisotopic (exact) mass is 437 g/mol. The van der Waals surface area contributed by atoms with Gasteiger partial charge in [0.05, 0.1) is 24.2 Å². The topological polar surface area (TPSA) is 72.3 Å². The maximum absolute atomic E-state index is 13.1. The molecule has 0 radical (unpaired) electrons. The minimum atomic E-state index is -3.66. The highest BCUT2D eigenvalue weighted by Gasteiger charge is 2.33. The van der Waals surface area contributed by atoms with Crippen LogP contribution in [0, 0.1) is 11.8 Å². The largest absolute Gasteiger partial charge is 0.337 e. The summed E-state index contributed by atoms with van der Waals surface area (Å²) < 4.78 is 28.0. The van der Waals surface area contributed by atoms with E-state index in [-0.39, 0.29) is 28.7 Å². The van der Waals surface area contributed by atoms with Crippen molar-refractivity contribution in [1.82, 2.24) is 14.5 Å². The lowest BCUT2D eigenvalue weighted by atomic mass is 10.2. The highest BCUT2D eigenvalue weighted by atomic mass is 35.5. The summed E-state index contributed by atoms with van der Waals surface area (Å²) in [5.41, 5.74) is 1.37. The van der Waals surface area contributed by atoms with Crippen molar-refractivity contribution in [3.8, 4) is 0 Å². The number of hydrogen-bond donors (Lipinski definition) is 0. The van der Waals surface area contributed by atoms with E-state index < -0.39 is 9.84 Å². The van der Waals surface area contributed by atoms with E-state index in [1.165, 1.54) is 0 Å². The number of amides is 1. The molecule has 0 bridgehead atoms. The zero-order valence-corrected chi connectivity index (χ0v) is 18.7. The molecule has 1 heterocycles. The van der Waals surface area contributed by atoms with Crippen LogP contribution in [-0.2, 0) is 33.5 Å². The lowest BCUT2D eigenvalue weighted by Crippen LogP contribution is -2.32. The molecule has 2 aromatic rings. The van der Waals surface area contributed by atoms with Crippen LogP contribution >= 0.6 is 11.6 Å². The zero-order chi connectivity index (χ0) is 21.2. The van der Waals surface area contributed by atoms with Crippen molar-refractivity contribution in [2.24, 2.45) is 11.8 Å². The van der Waals surface area contributed by atoms with Gasteiger partial charge in [0.1, 0.15) is 0 Å². The Morgan fingerprint density at radius 3 is 2.66 bits per heavy atom. The van der Waals surface area contributed by atoms with Gasteiger partial charge in [-0.05, 0) is 43.4 Å². The number of hydrogen-bond acceptors (Lipinski definition) is 4. The van der Waals surface area contributed by atoms with Crippen LogP contribution in [0.4, 0.5) is 0 Å². The van der Waals surface area contributed by atoms with E-state index in [9.17, 15) is 13.2 Å². The number of nitrogens with zero attached hydrogens (tertiary/aromatic N) is 3. The van der Waals surface area contributed by atoms with Gasteiger partial charge in [0, 0.05) is 24.0 Å². The summed E-state index contributed by atoms with van der Waals surface area (Å²) in [4.78, 5) is 18.6. The van der Waals surface area contributed by atoms with Gasteiger partial charge in [-0.2, -0.15) is 0 Å². The smallest absolute Gasteiger partial charge is 0.228 e. The van der Waals surface area contributed by atoms with Crippen molar-refractivity contribution in [3.63, 3.8) is 0 Å². The minimum absolute atomic E-state index is 0.0519. The molecule has 1 amide bonds. The summed E-state index contributed by atoms with van der Waals surface area (Å²) in [5, 5.41) is 0.553. The fourth-order valence-electron chi connectivity index (χ4n) is 3.37. The maximum atomic E-state index is 13.1. The minimum Gasteiger partial charge on any atom is -0.337 e. The molecule has 1 fully saturated rings. The van der Waals surface area contributed by atoms with Gasteiger partial charge in [0.15, 0.2) is 0 Å². The Morgan fingerprint density at radius 2 is 2.07 bits per heavy atom. The van der Waals surface area contributed by atoms with E-state index in [0.717, 1.165) is 18.5 Å². The SMILES string of the molecule is CCN(Cc1cnc(S(=O)(=O)Cc2cccc(Cl)c2)n1CC(C)C)C(=O)C1CC1. The van der Waals surface area contributed by atoms with E-state index in [1.54, 1.807) is 39.9 Å². The fourth-order valence-corrected chi connectivity index (χ4v) is 5.07. The Kier molecular flexibility index (Phi) is 6.69. The molecular weight excluding hydrogens is 410 g/mol. The number of rotatable bonds is 9. The molecule has 1 aliphatic carbocycles. The van der Waals surface area contributed by atoms with Crippen LogP contribution in [0.1, 0.15) is 44.9 Å². The third-order valence-electron chi connectivity index (χ3n) is 4.95. The maximum Gasteiger partial charge on any atom is 0.228 e. The van der Waals surface area contributed by atoms with E-state index in [0.29, 0.717) is 30.2 Å². The van der Waals surface area contributed by atoms with Crippen LogP contribution in [0.5, 0.6) is 0 Å². The zero-order valence-electron chi connectivity index (χ0n) is 17.1. The van der Waals surface area contributed by atoms with Crippen LogP contribution in [0.2, 0.25) is 5.02 Å². The van der Waals surface area contributed by atoms with Crippen LogP contribution in [0.15, 0.2) is 35.6 Å². The van der Waals surface area contributed by atoms with E-state index in [2.05, 4.69) is 4.98 Å². The van der Waals surface area contributed by atoms with Gasteiger partial charge < -0.3 is 9.47 Å². The number of carbonyl (C=O) groups is 1. The van der Waals surface area contributed by atoms with Gasteiger partial charge in [-0.25, -0.2) is 13.4 Å². The lowest BCUT2D eigenvalue weighted by molar-refractivity contribution is -0.133. The van der Waals surface area contributed by atoms with Crippen LogP contribution in [-0.4, -0.2) is 35.3 Å². The molecule has 0 saturated heterocycles. The molecular formula is C21H28ClN3O3S. The average Bonchev–Trinajstić information content (AvgIpc) is 3.41. The third kappa shape index (κ3) is 5.39. The van der Waals surface area contributed by atoms with Crippen molar-refractivity contribution in [2.75, 3.05) is 6.54 Å². The normalized spacial score (nSPS) is 14.4. The molecule has 158 valence electrons. The summed E-state index contributed by atoms with van der Waals surface area (Å²) in [6, 6.07) is 6.85. The number of benzene rings is 1. The van der Waals surface area contributed by atoms with Crippen LogP contribution in [0.25, 0.3) is 0 Å². The lowest BCUT2D eigenvalue weighted by Gasteiger charge is -2.22. The van der Waals surface area contributed by atoms with Crippen LogP contribution in [0.3, 0.4) is 0 Å². The second-order valence-electron chi connectivity index (χ2n) is 8.05. The quantitative estimate of drug-likeness (QED) is 0.595. The van der Waals surface area contributed by atoms with Crippen molar-refractivity contribution in [2.45, 2.75) is 57.6 Å². The summed E-state index contributed by atoms with van der Waals surface area (Å²) >= 11 is 6.00. The second kappa shape index (κ2) is 8.88. The van der Waals surface area contributed by atoms with Gasteiger partial charge in [-0.3, -0.25) is 4.79 Å². The Bertz CT molecular complexity index is 981. The van der Waals surface area contributed by atoms with Crippen molar-refractivity contribution in [3.05, 3.63) is 46.7 Å². The third-order valence-corrected chi connectivity index (χ3v) is 6.78. The molecule has 1 aromatic heterocycles. The van der Waals surface area contributed by atoms with Gasteiger partial charge in [-0.15, -0.1) is 0 Å². The van der Waals surface area contributed by atoms with Crippen molar-refractivity contribution >= 4 is 27.3 Å². The molecule has 0 unspecified atom stereocenters. The molecule has 8 heteroatoms. The van der Waals surface area contributed by atoms with Gasteiger partial charge in [0.2, 0.25) is 20.9 Å². The molecule has 0 atom stereocenters. The Hall–Kier alpha value is -1.86. The molecule has 1 saturated carbocycles. The summed E-state index contributed by atoms with van der Waals surface area (Å²) in [7, 11) is -3.66. The first-order chi connectivity index (χ1) is 13.7. The molecule has 6 nitrogen and oxygen atoms in total.